The van der Waals surface area contributed by atoms with Crippen molar-refractivity contribution in [2.24, 2.45) is 0 Å². The third-order valence-corrected chi connectivity index (χ3v) is 6.66. The highest BCUT2D eigenvalue weighted by Crippen LogP contribution is 2.44. The van der Waals surface area contributed by atoms with Gasteiger partial charge in [-0.3, -0.25) is 24.0 Å². The zero-order chi connectivity index (χ0) is 27.8. The van der Waals surface area contributed by atoms with Crippen LogP contribution in [0.5, 0.6) is 0 Å². The molecule has 1 aromatic rings. The second-order valence-electron chi connectivity index (χ2n) is 8.17. The van der Waals surface area contributed by atoms with E-state index in [0.717, 1.165) is 45.0 Å². The second kappa shape index (κ2) is 13.4. The van der Waals surface area contributed by atoms with Crippen LogP contribution in [0.2, 0.25) is 0 Å². The number of hydrogen-bond acceptors (Lipinski definition) is 12. The van der Waals surface area contributed by atoms with E-state index in [1.807, 2.05) is 30.3 Å². The largest absolute Gasteiger partial charge is 0.462 e. The Hall–Kier alpha value is -3.19. The molecule has 1 saturated heterocycles. The fraction of sp³-hybridized carbons (Fsp3) is 0.500. The summed E-state index contributed by atoms with van der Waals surface area (Å²) in [5.41, 5.74) is 0.914. The summed E-state index contributed by atoms with van der Waals surface area (Å²) in [7, 11) is 0. The van der Waals surface area contributed by atoms with Crippen molar-refractivity contribution in [1.29, 1.82) is 0 Å². The molecular formula is C24H29NO10S2. The molecule has 11 nitrogen and oxygen atoms in total. The van der Waals surface area contributed by atoms with Crippen LogP contribution in [0.25, 0.3) is 0 Å². The number of benzene rings is 1. The van der Waals surface area contributed by atoms with Crippen molar-refractivity contribution in [1.82, 2.24) is 4.90 Å². The first-order valence-electron chi connectivity index (χ1n) is 11.2. The molecule has 0 bridgehead atoms. The number of esters is 5. The normalized spacial score (nSPS) is 19.3. The molecule has 4 unspecified atom stereocenters. The minimum absolute atomic E-state index is 0.0545. The zero-order valence-electron chi connectivity index (χ0n) is 21.1. The van der Waals surface area contributed by atoms with Crippen LogP contribution < -0.4 is 0 Å². The Kier molecular flexibility index (Phi) is 10.9. The molecule has 0 amide bonds. The molecule has 0 radical (unpaired) electrons. The highest BCUT2D eigenvalue weighted by atomic mass is 32.2. The number of nitrogens with zero attached hydrogens (tertiary/aromatic N) is 1. The number of rotatable bonds is 11. The summed E-state index contributed by atoms with van der Waals surface area (Å²) in [5, 5.41) is 0. The van der Waals surface area contributed by atoms with Gasteiger partial charge in [0, 0.05) is 41.2 Å². The second-order valence-corrected chi connectivity index (χ2v) is 10.1. The molecule has 0 aromatic heterocycles. The van der Waals surface area contributed by atoms with Crippen molar-refractivity contribution in [3.63, 3.8) is 0 Å². The van der Waals surface area contributed by atoms with Crippen molar-refractivity contribution >= 4 is 58.1 Å². The number of carbonyl (C=O) groups excluding carboxylic acids is 5. The van der Waals surface area contributed by atoms with Gasteiger partial charge in [0.05, 0.1) is 6.54 Å². The average Bonchev–Trinajstić information content (AvgIpc) is 3.08. The third kappa shape index (κ3) is 9.01. The van der Waals surface area contributed by atoms with Gasteiger partial charge in [-0.1, -0.05) is 42.5 Å². The van der Waals surface area contributed by atoms with Crippen LogP contribution in [0, 0.1) is 0 Å². The molecule has 0 aliphatic carbocycles. The van der Waals surface area contributed by atoms with Crippen molar-refractivity contribution < 1.29 is 47.7 Å². The standard InChI is InChI=1S/C24H29NO10S2/c1-14(26)31-12-20(32-15(2)27)21(33-16(3)28)22(34-17(4)29)24(35-18(5)30)13-25(23(36)37-24)11-19-9-7-6-8-10-19/h6-10,20-22H,11-13H2,1-5H3. The Balaban J connectivity index is 2.58. The van der Waals surface area contributed by atoms with E-state index in [4.69, 9.17) is 35.9 Å². The van der Waals surface area contributed by atoms with Crippen LogP contribution in [-0.2, 0) is 54.2 Å². The van der Waals surface area contributed by atoms with Crippen LogP contribution in [-0.4, -0.2) is 75.5 Å². The molecule has 37 heavy (non-hydrogen) atoms. The van der Waals surface area contributed by atoms with Gasteiger partial charge < -0.3 is 28.6 Å². The van der Waals surface area contributed by atoms with Crippen LogP contribution >= 0.6 is 24.0 Å². The zero-order valence-corrected chi connectivity index (χ0v) is 22.7. The first kappa shape index (κ1) is 30.0. The Labute approximate surface area is 224 Å². The summed E-state index contributed by atoms with van der Waals surface area (Å²) in [6.07, 6.45) is -4.45. The van der Waals surface area contributed by atoms with E-state index in [0.29, 0.717) is 10.9 Å². The molecule has 13 heteroatoms. The van der Waals surface area contributed by atoms with Gasteiger partial charge in [0.2, 0.25) is 4.93 Å². The minimum atomic E-state index is -1.70. The fourth-order valence-electron chi connectivity index (χ4n) is 3.72. The van der Waals surface area contributed by atoms with Gasteiger partial charge in [-0.2, -0.15) is 0 Å². The van der Waals surface area contributed by atoms with Crippen molar-refractivity contribution in [3.05, 3.63) is 35.9 Å². The monoisotopic (exact) mass is 555 g/mol. The Morgan fingerprint density at radius 3 is 2.00 bits per heavy atom. The lowest BCUT2D eigenvalue weighted by atomic mass is 10.0. The van der Waals surface area contributed by atoms with Crippen molar-refractivity contribution in [3.8, 4) is 0 Å². The summed E-state index contributed by atoms with van der Waals surface area (Å²) >= 11 is 6.50. The molecule has 2 rings (SSSR count). The Morgan fingerprint density at radius 2 is 1.49 bits per heavy atom. The molecule has 1 heterocycles. The van der Waals surface area contributed by atoms with Gasteiger partial charge in [-0.15, -0.1) is 0 Å². The van der Waals surface area contributed by atoms with Crippen molar-refractivity contribution in [2.75, 3.05) is 13.2 Å². The van der Waals surface area contributed by atoms with Gasteiger partial charge in [0.15, 0.2) is 18.3 Å². The van der Waals surface area contributed by atoms with E-state index in [1.54, 1.807) is 4.90 Å². The van der Waals surface area contributed by atoms with E-state index in [1.165, 1.54) is 6.92 Å². The number of thiocarbonyl (C=S) groups is 1. The average molecular weight is 556 g/mol. The van der Waals surface area contributed by atoms with Gasteiger partial charge in [0.1, 0.15) is 10.9 Å². The number of ether oxygens (including phenoxy) is 5. The summed E-state index contributed by atoms with van der Waals surface area (Å²) in [6, 6.07) is 9.36. The molecule has 1 fully saturated rings. The Bertz CT molecular complexity index is 1030. The lowest BCUT2D eigenvalue weighted by Gasteiger charge is -2.40. The van der Waals surface area contributed by atoms with Gasteiger partial charge in [0.25, 0.3) is 0 Å². The highest BCUT2D eigenvalue weighted by molar-refractivity contribution is 8.24. The summed E-state index contributed by atoms with van der Waals surface area (Å²) in [5.74, 6) is -3.80. The topological polar surface area (TPSA) is 135 Å². The van der Waals surface area contributed by atoms with Gasteiger partial charge in [-0.05, 0) is 17.3 Å². The summed E-state index contributed by atoms with van der Waals surface area (Å²) in [6.45, 7) is 5.40. The predicted octanol–water partition coefficient (Wildman–Crippen LogP) is 2.14. The quantitative estimate of drug-likeness (QED) is 0.224. The maximum Gasteiger partial charge on any atom is 0.304 e. The van der Waals surface area contributed by atoms with Crippen LogP contribution in [0.15, 0.2) is 30.3 Å². The minimum Gasteiger partial charge on any atom is -0.462 e. The molecule has 1 aliphatic rings. The van der Waals surface area contributed by atoms with E-state index in [2.05, 4.69) is 0 Å². The van der Waals surface area contributed by atoms with Crippen LogP contribution in [0.1, 0.15) is 40.2 Å². The Morgan fingerprint density at radius 1 is 0.892 bits per heavy atom. The lowest BCUT2D eigenvalue weighted by molar-refractivity contribution is -0.206. The lowest BCUT2D eigenvalue weighted by Crippen LogP contribution is -2.59. The predicted molar refractivity (Wildman–Crippen MR) is 135 cm³/mol. The highest BCUT2D eigenvalue weighted by Gasteiger charge is 2.59. The molecule has 0 N–H and O–H groups in total. The smallest absolute Gasteiger partial charge is 0.304 e. The molecule has 1 aromatic carbocycles. The van der Waals surface area contributed by atoms with E-state index in [-0.39, 0.29) is 6.54 Å². The number of thioether (sulfide) groups is 1. The van der Waals surface area contributed by atoms with Crippen molar-refractivity contribution in [2.45, 2.75) is 64.4 Å². The molecule has 1 aliphatic heterocycles. The maximum absolute atomic E-state index is 12.3. The molecule has 4 atom stereocenters. The first-order valence-corrected chi connectivity index (χ1v) is 12.4. The van der Waals surface area contributed by atoms with E-state index < -0.39 is 59.7 Å². The van der Waals surface area contributed by atoms with E-state index >= 15 is 0 Å². The number of hydrogen-bond donors (Lipinski definition) is 0. The summed E-state index contributed by atoms with van der Waals surface area (Å²) in [4.78, 5) is 60.1. The van der Waals surface area contributed by atoms with Crippen LogP contribution in [0.3, 0.4) is 0 Å². The number of carbonyl (C=O) groups is 5. The van der Waals surface area contributed by atoms with Crippen LogP contribution in [0.4, 0.5) is 0 Å². The van der Waals surface area contributed by atoms with Gasteiger partial charge in [-0.25, -0.2) is 0 Å². The molecule has 0 spiro atoms. The molecule has 0 saturated carbocycles. The molecule has 202 valence electrons. The SMILES string of the molecule is CC(=O)OCC(OC(C)=O)C(OC(C)=O)C(OC(C)=O)C1(OC(C)=O)CN(Cc2ccccc2)C(=S)S1. The third-order valence-electron chi connectivity index (χ3n) is 4.92. The fourth-order valence-corrected chi connectivity index (χ4v) is 5.50. The molecular weight excluding hydrogens is 526 g/mol. The van der Waals surface area contributed by atoms with Gasteiger partial charge >= 0.3 is 29.8 Å². The van der Waals surface area contributed by atoms with E-state index in [9.17, 15) is 24.0 Å². The maximum atomic E-state index is 12.3. The first-order chi connectivity index (χ1) is 17.3. The summed E-state index contributed by atoms with van der Waals surface area (Å²) < 4.78 is 27.4.